The number of rotatable bonds is 6. The normalized spacial score (nSPS) is 14.6. The van der Waals surface area contributed by atoms with Gasteiger partial charge in [-0.05, 0) is 25.8 Å². The second-order valence-corrected chi connectivity index (χ2v) is 7.25. The number of amides is 1. The van der Waals surface area contributed by atoms with Gasteiger partial charge in [0.2, 0.25) is 0 Å². The first-order chi connectivity index (χ1) is 12.4. The van der Waals surface area contributed by atoms with Gasteiger partial charge in [-0.25, -0.2) is 0 Å². The predicted octanol–water partition coefficient (Wildman–Crippen LogP) is 2.58. The molecule has 1 N–H and O–H groups in total. The molecule has 0 aliphatic carbocycles. The minimum Gasteiger partial charge on any atom is -0.452 e. The van der Waals surface area contributed by atoms with Crippen LogP contribution < -0.4 is 5.32 Å². The fraction of sp³-hybridized carbons (Fsp3) is 0.438. The first-order valence-electron chi connectivity index (χ1n) is 8.04. The maximum absolute atomic E-state index is 12.1. The molecule has 8 nitrogen and oxygen atoms in total. The van der Waals surface area contributed by atoms with Crippen molar-refractivity contribution in [1.29, 1.82) is 0 Å². The molecule has 0 unspecified atom stereocenters. The lowest BCUT2D eigenvalue weighted by Gasteiger charge is -2.18. The number of hydrogen-bond acceptors (Lipinski definition) is 7. The Morgan fingerprint density at radius 3 is 2.69 bits per heavy atom. The van der Waals surface area contributed by atoms with Gasteiger partial charge in [-0.15, -0.1) is 0 Å². The number of benzene rings is 1. The highest BCUT2D eigenvalue weighted by Gasteiger charge is 2.22. The highest BCUT2D eigenvalue weighted by molar-refractivity contribution is 8.23. The molecule has 0 spiro atoms. The van der Waals surface area contributed by atoms with Crippen LogP contribution in [0.15, 0.2) is 24.3 Å². The number of anilines is 1. The number of hydrogen-bond donors (Lipinski definition) is 1. The second-order valence-electron chi connectivity index (χ2n) is 5.64. The Bertz CT molecular complexity index is 707. The number of esters is 1. The summed E-state index contributed by atoms with van der Waals surface area (Å²) >= 11 is 6.47. The lowest BCUT2D eigenvalue weighted by Crippen LogP contribution is -2.31. The monoisotopic (exact) mass is 397 g/mol. The molecule has 1 aliphatic rings. The van der Waals surface area contributed by atoms with Gasteiger partial charge in [0.05, 0.1) is 10.7 Å². The van der Waals surface area contributed by atoms with E-state index in [9.17, 15) is 19.7 Å². The van der Waals surface area contributed by atoms with Crippen molar-refractivity contribution in [2.45, 2.75) is 25.9 Å². The molecule has 0 aromatic heterocycles. The summed E-state index contributed by atoms with van der Waals surface area (Å²) in [6.07, 6.45) is 1.10. The van der Waals surface area contributed by atoms with E-state index in [-0.39, 0.29) is 17.1 Å². The van der Waals surface area contributed by atoms with Crippen molar-refractivity contribution >= 4 is 51.6 Å². The van der Waals surface area contributed by atoms with Crippen LogP contribution in [-0.2, 0) is 14.3 Å². The number of carbonyl (C=O) groups excluding carboxylic acids is 2. The van der Waals surface area contributed by atoms with Gasteiger partial charge < -0.3 is 15.0 Å². The van der Waals surface area contributed by atoms with E-state index in [1.165, 1.54) is 36.9 Å². The van der Waals surface area contributed by atoms with Crippen LogP contribution in [0.3, 0.4) is 0 Å². The first-order valence-corrected chi connectivity index (χ1v) is 9.43. The number of carbonyl (C=O) groups is 2. The van der Waals surface area contributed by atoms with E-state index in [0.29, 0.717) is 4.32 Å². The van der Waals surface area contributed by atoms with Crippen LogP contribution in [0.1, 0.15) is 19.8 Å². The summed E-state index contributed by atoms with van der Waals surface area (Å²) in [5, 5.41) is 13.4. The van der Waals surface area contributed by atoms with Crippen LogP contribution in [0, 0.1) is 10.1 Å². The number of para-hydroxylation sites is 2. The standard InChI is InChI=1S/C16H19N3O5S2/c1-11(15(21)17-12-6-2-3-7-13(12)19(22)23)24-14(20)10-26-16(25)18-8-4-5-9-18/h2-3,6-7,11H,4-5,8-10H2,1H3,(H,17,21)/t11-/m0/s1. The van der Waals surface area contributed by atoms with Crippen LogP contribution in [0.4, 0.5) is 11.4 Å². The summed E-state index contributed by atoms with van der Waals surface area (Å²) in [6.45, 7) is 3.20. The zero-order chi connectivity index (χ0) is 19.1. The molecule has 2 rings (SSSR count). The molecule has 1 heterocycles. The lowest BCUT2D eigenvalue weighted by atomic mass is 10.2. The van der Waals surface area contributed by atoms with E-state index in [2.05, 4.69) is 5.32 Å². The molecule has 1 aliphatic heterocycles. The molecule has 1 amide bonds. The topological polar surface area (TPSA) is 102 Å². The van der Waals surface area contributed by atoms with Crippen molar-refractivity contribution in [2.75, 3.05) is 24.2 Å². The maximum Gasteiger partial charge on any atom is 0.317 e. The third-order valence-corrected chi connectivity index (χ3v) is 5.21. The van der Waals surface area contributed by atoms with Crippen LogP contribution in [0.2, 0.25) is 0 Å². The highest BCUT2D eigenvalue weighted by atomic mass is 32.2. The van der Waals surface area contributed by atoms with E-state index < -0.39 is 22.9 Å². The van der Waals surface area contributed by atoms with E-state index in [1.54, 1.807) is 6.07 Å². The summed E-state index contributed by atoms with van der Waals surface area (Å²) in [7, 11) is 0. The zero-order valence-corrected chi connectivity index (χ0v) is 15.8. The SMILES string of the molecule is C[C@H](OC(=O)CSC(=S)N1CCCC1)C(=O)Nc1ccccc1[N+](=O)[O-]. The molecule has 1 atom stereocenters. The van der Waals surface area contributed by atoms with Gasteiger partial charge in [-0.2, -0.15) is 0 Å². The first kappa shape index (κ1) is 20.1. The van der Waals surface area contributed by atoms with E-state index in [4.69, 9.17) is 17.0 Å². The van der Waals surface area contributed by atoms with Gasteiger partial charge in [0.1, 0.15) is 10.0 Å². The summed E-state index contributed by atoms with van der Waals surface area (Å²) < 4.78 is 5.73. The van der Waals surface area contributed by atoms with Crippen molar-refractivity contribution in [1.82, 2.24) is 4.90 Å². The maximum atomic E-state index is 12.1. The van der Waals surface area contributed by atoms with Gasteiger partial charge in [-0.3, -0.25) is 19.7 Å². The largest absolute Gasteiger partial charge is 0.452 e. The summed E-state index contributed by atoms with van der Waals surface area (Å²) in [5.41, 5.74) is -0.180. The molecule has 1 aromatic carbocycles. The van der Waals surface area contributed by atoms with E-state index in [0.717, 1.165) is 25.9 Å². The van der Waals surface area contributed by atoms with E-state index in [1.807, 2.05) is 4.90 Å². The average molecular weight is 397 g/mol. The third kappa shape index (κ3) is 5.67. The van der Waals surface area contributed by atoms with Crippen molar-refractivity contribution < 1.29 is 19.2 Å². The molecule has 10 heteroatoms. The minimum atomic E-state index is -1.08. The molecule has 1 saturated heterocycles. The Morgan fingerprint density at radius 2 is 2.04 bits per heavy atom. The number of nitro benzene ring substituents is 1. The van der Waals surface area contributed by atoms with Crippen LogP contribution in [-0.4, -0.2) is 51.0 Å². The Labute approximate surface area is 160 Å². The Kier molecular flexibility index (Phi) is 7.34. The predicted molar refractivity (Wildman–Crippen MR) is 103 cm³/mol. The molecule has 26 heavy (non-hydrogen) atoms. The number of ether oxygens (including phenoxy) is 1. The number of nitrogens with zero attached hydrogens (tertiary/aromatic N) is 2. The van der Waals surface area contributed by atoms with Crippen molar-refractivity contribution in [3.8, 4) is 0 Å². The molecule has 0 radical (unpaired) electrons. The van der Waals surface area contributed by atoms with E-state index >= 15 is 0 Å². The quantitative estimate of drug-likeness (QED) is 0.338. The smallest absolute Gasteiger partial charge is 0.317 e. The Balaban J connectivity index is 1.82. The highest BCUT2D eigenvalue weighted by Crippen LogP contribution is 2.23. The third-order valence-electron chi connectivity index (χ3n) is 3.71. The van der Waals surface area contributed by atoms with Gasteiger partial charge in [0.25, 0.3) is 11.6 Å². The minimum absolute atomic E-state index is 0.0123. The molecule has 140 valence electrons. The molecular formula is C16H19N3O5S2. The Hall–Kier alpha value is -2.20. The molecule has 0 saturated carbocycles. The van der Waals surface area contributed by atoms with Crippen molar-refractivity contribution in [3.63, 3.8) is 0 Å². The van der Waals surface area contributed by atoms with Gasteiger partial charge >= 0.3 is 5.97 Å². The number of thioether (sulfide) groups is 1. The zero-order valence-electron chi connectivity index (χ0n) is 14.2. The number of nitrogens with one attached hydrogen (secondary N) is 1. The average Bonchev–Trinajstić information content (AvgIpc) is 3.14. The van der Waals surface area contributed by atoms with Crippen LogP contribution in [0.25, 0.3) is 0 Å². The summed E-state index contributed by atoms with van der Waals surface area (Å²) in [6, 6.07) is 5.75. The lowest BCUT2D eigenvalue weighted by molar-refractivity contribution is -0.383. The summed E-state index contributed by atoms with van der Waals surface area (Å²) in [4.78, 5) is 36.4. The molecular weight excluding hydrogens is 378 g/mol. The fourth-order valence-electron chi connectivity index (χ4n) is 2.37. The number of nitro groups is 1. The van der Waals surface area contributed by atoms with Crippen molar-refractivity contribution in [3.05, 3.63) is 34.4 Å². The van der Waals surface area contributed by atoms with Crippen LogP contribution >= 0.6 is 24.0 Å². The van der Waals surface area contributed by atoms with Gasteiger partial charge in [-0.1, -0.05) is 36.1 Å². The second kappa shape index (κ2) is 9.48. The van der Waals surface area contributed by atoms with Gasteiger partial charge in [0.15, 0.2) is 6.10 Å². The molecule has 1 fully saturated rings. The van der Waals surface area contributed by atoms with Crippen molar-refractivity contribution in [2.24, 2.45) is 0 Å². The molecule has 1 aromatic rings. The van der Waals surface area contributed by atoms with Gasteiger partial charge in [0, 0.05) is 19.2 Å². The number of likely N-dealkylation sites (tertiary alicyclic amines) is 1. The van der Waals surface area contributed by atoms with Crippen LogP contribution in [0.5, 0.6) is 0 Å². The number of thiocarbonyl (C=S) groups is 1. The Morgan fingerprint density at radius 1 is 1.38 bits per heavy atom. The summed E-state index contributed by atoms with van der Waals surface area (Å²) in [5.74, 6) is -1.19. The molecule has 0 bridgehead atoms. The fourth-order valence-corrected chi connectivity index (χ4v) is 3.40.